The number of urea groups is 1. The molecule has 0 fully saturated rings. The monoisotopic (exact) mass is 289 g/mol. The molecule has 0 aromatic carbocycles. The van der Waals surface area contributed by atoms with E-state index in [2.05, 4.69) is 15.4 Å². The van der Waals surface area contributed by atoms with E-state index in [9.17, 15) is 19.2 Å². The lowest BCUT2D eigenvalue weighted by Gasteiger charge is -2.14. The Bertz CT molecular complexity index is 371. The van der Waals surface area contributed by atoms with Crippen molar-refractivity contribution in [2.75, 3.05) is 13.2 Å². The van der Waals surface area contributed by atoms with Crippen molar-refractivity contribution in [3.8, 4) is 0 Å². The van der Waals surface area contributed by atoms with E-state index in [1.54, 1.807) is 6.92 Å². The van der Waals surface area contributed by atoms with Crippen LogP contribution in [0.15, 0.2) is 0 Å². The predicted octanol–water partition coefficient (Wildman–Crippen LogP) is -1.04. The summed E-state index contributed by atoms with van der Waals surface area (Å²) in [7, 11) is 0. The molecule has 0 saturated heterocycles. The Kier molecular flexibility index (Phi) is 8.48. The summed E-state index contributed by atoms with van der Waals surface area (Å²) in [6, 6.07) is -1.96. The fourth-order valence-corrected chi connectivity index (χ4v) is 1.26. The Balaban J connectivity index is 4.04. The van der Waals surface area contributed by atoms with Gasteiger partial charge in [-0.25, -0.2) is 9.59 Å². The SMILES string of the molecule is CCOC(=O)CCNC(=O)NC(CCC(N)=O)C(=O)O. The first-order chi connectivity index (χ1) is 9.36. The quantitative estimate of drug-likeness (QED) is 0.398. The van der Waals surface area contributed by atoms with Crippen LogP contribution in [0.5, 0.6) is 0 Å². The van der Waals surface area contributed by atoms with Crippen molar-refractivity contribution < 1.29 is 29.0 Å². The summed E-state index contributed by atoms with van der Waals surface area (Å²) in [6.07, 6.45) is -0.268. The number of nitrogens with two attached hydrogens (primary N) is 1. The smallest absolute Gasteiger partial charge is 0.326 e. The number of carbonyl (C=O) groups is 4. The summed E-state index contributed by atoms with van der Waals surface area (Å²) in [5.74, 6) is -2.39. The number of aliphatic carboxylic acids is 1. The molecule has 0 saturated carbocycles. The molecular formula is C11H19N3O6. The molecule has 0 rings (SSSR count). The number of ether oxygens (including phenoxy) is 1. The van der Waals surface area contributed by atoms with Gasteiger partial charge in [0.2, 0.25) is 5.91 Å². The highest BCUT2D eigenvalue weighted by molar-refractivity contribution is 5.83. The van der Waals surface area contributed by atoms with E-state index in [0.29, 0.717) is 0 Å². The van der Waals surface area contributed by atoms with Gasteiger partial charge in [-0.2, -0.15) is 0 Å². The highest BCUT2D eigenvalue weighted by atomic mass is 16.5. The molecule has 0 aliphatic rings. The molecule has 1 unspecified atom stereocenters. The highest BCUT2D eigenvalue weighted by Gasteiger charge is 2.20. The van der Waals surface area contributed by atoms with Crippen LogP contribution in [0.4, 0.5) is 4.79 Å². The van der Waals surface area contributed by atoms with Gasteiger partial charge in [0.05, 0.1) is 13.0 Å². The number of hydrogen-bond acceptors (Lipinski definition) is 5. The van der Waals surface area contributed by atoms with E-state index in [0.717, 1.165) is 0 Å². The molecule has 20 heavy (non-hydrogen) atoms. The Morgan fingerprint density at radius 1 is 1.25 bits per heavy atom. The molecule has 3 amide bonds. The average Bonchev–Trinajstić information content (AvgIpc) is 2.34. The van der Waals surface area contributed by atoms with Gasteiger partial charge in [-0.15, -0.1) is 0 Å². The molecule has 9 nitrogen and oxygen atoms in total. The number of carboxylic acids is 1. The topological polar surface area (TPSA) is 148 Å². The van der Waals surface area contributed by atoms with E-state index in [4.69, 9.17) is 10.8 Å². The summed E-state index contributed by atoms with van der Waals surface area (Å²) in [5.41, 5.74) is 4.90. The molecule has 0 radical (unpaired) electrons. The second-order valence-corrected chi connectivity index (χ2v) is 3.85. The normalized spacial score (nSPS) is 11.2. The second kappa shape index (κ2) is 9.59. The molecular weight excluding hydrogens is 270 g/mol. The van der Waals surface area contributed by atoms with Gasteiger partial charge in [0.1, 0.15) is 6.04 Å². The molecule has 0 heterocycles. The molecule has 1 atom stereocenters. The summed E-state index contributed by atoms with van der Waals surface area (Å²) < 4.78 is 4.65. The van der Waals surface area contributed by atoms with Crippen molar-refractivity contribution in [3.63, 3.8) is 0 Å². The van der Waals surface area contributed by atoms with Crippen LogP contribution in [-0.4, -0.2) is 48.2 Å². The van der Waals surface area contributed by atoms with Crippen LogP contribution in [0.2, 0.25) is 0 Å². The van der Waals surface area contributed by atoms with Gasteiger partial charge >= 0.3 is 18.0 Å². The van der Waals surface area contributed by atoms with Crippen LogP contribution in [0.25, 0.3) is 0 Å². The molecule has 0 aromatic heterocycles. The van der Waals surface area contributed by atoms with Crippen LogP contribution in [-0.2, 0) is 19.1 Å². The predicted molar refractivity (Wildman–Crippen MR) is 67.6 cm³/mol. The van der Waals surface area contributed by atoms with Gasteiger partial charge in [-0.3, -0.25) is 9.59 Å². The number of carboxylic acid groups (broad SMARTS) is 1. The molecule has 0 bridgehead atoms. The van der Waals surface area contributed by atoms with Crippen molar-refractivity contribution in [2.45, 2.75) is 32.2 Å². The number of primary amides is 1. The van der Waals surface area contributed by atoms with Crippen molar-refractivity contribution in [2.24, 2.45) is 5.73 Å². The third kappa shape index (κ3) is 8.72. The summed E-state index contributed by atoms with van der Waals surface area (Å²) in [5, 5.41) is 13.3. The molecule has 0 spiro atoms. The van der Waals surface area contributed by atoms with Crippen LogP contribution >= 0.6 is 0 Å². The first-order valence-electron chi connectivity index (χ1n) is 6.07. The van der Waals surface area contributed by atoms with E-state index in [1.165, 1.54) is 0 Å². The largest absolute Gasteiger partial charge is 0.480 e. The molecule has 0 aromatic rings. The molecule has 0 aliphatic carbocycles. The van der Waals surface area contributed by atoms with Crippen molar-refractivity contribution in [3.05, 3.63) is 0 Å². The van der Waals surface area contributed by atoms with Crippen molar-refractivity contribution in [1.82, 2.24) is 10.6 Å². The number of carbonyl (C=O) groups excluding carboxylic acids is 3. The molecule has 0 aliphatic heterocycles. The molecule has 114 valence electrons. The lowest BCUT2D eigenvalue weighted by atomic mass is 10.1. The summed E-state index contributed by atoms with van der Waals surface area (Å²) >= 11 is 0. The second-order valence-electron chi connectivity index (χ2n) is 3.85. The van der Waals surface area contributed by atoms with E-state index >= 15 is 0 Å². The fourth-order valence-electron chi connectivity index (χ4n) is 1.26. The van der Waals surface area contributed by atoms with Crippen LogP contribution in [0.1, 0.15) is 26.2 Å². The third-order valence-corrected chi connectivity index (χ3v) is 2.20. The van der Waals surface area contributed by atoms with Gasteiger partial charge in [0.15, 0.2) is 0 Å². The Morgan fingerprint density at radius 2 is 1.90 bits per heavy atom. The molecule has 5 N–H and O–H groups in total. The summed E-state index contributed by atoms with van der Waals surface area (Å²) in [6.45, 7) is 1.93. The van der Waals surface area contributed by atoms with Gasteiger partial charge in [-0.1, -0.05) is 0 Å². The lowest BCUT2D eigenvalue weighted by molar-refractivity contribution is -0.143. The lowest BCUT2D eigenvalue weighted by Crippen LogP contribution is -2.46. The third-order valence-electron chi connectivity index (χ3n) is 2.20. The Hall–Kier alpha value is -2.32. The standard InChI is InChI=1S/C11H19N3O6/c1-2-20-9(16)5-6-13-11(19)14-7(10(17)18)3-4-8(12)15/h7H,2-6H2,1H3,(H2,12,15)(H,17,18)(H2,13,14,19). The average molecular weight is 289 g/mol. The molecule has 9 heteroatoms. The van der Waals surface area contributed by atoms with Gasteiger partial charge < -0.3 is 26.2 Å². The minimum atomic E-state index is -1.27. The maximum atomic E-state index is 11.4. The van der Waals surface area contributed by atoms with Gasteiger partial charge in [0.25, 0.3) is 0 Å². The van der Waals surface area contributed by atoms with Crippen molar-refractivity contribution >= 4 is 23.9 Å². The van der Waals surface area contributed by atoms with Crippen LogP contribution < -0.4 is 16.4 Å². The first kappa shape index (κ1) is 17.7. The highest BCUT2D eigenvalue weighted by Crippen LogP contribution is 1.97. The number of hydrogen-bond donors (Lipinski definition) is 4. The van der Waals surface area contributed by atoms with E-state index in [1.807, 2.05) is 0 Å². The summed E-state index contributed by atoms with van der Waals surface area (Å²) in [4.78, 5) is 43.8. The first-order valence-corrected chi connectivity index (χ1v) is 6.07. The minimum absolute atomic E-state index is 0.0136. The van der Waals surface area contributed by atoms with E-state index in [-0.39, 0.29) is 32.4 Å². The van der Waals surface area contributed by atoms with Crippen molar-refractivity contribution in [1.29, 1.82) is 0 Å². The number of rotatable bonds is 9. The maximum absolute atomic E-state index is 11.4. The minimum Gasteiger partial charge on any atom is -0.480 e. The number of nitrogens with one attached hydrogen (secondary N) is 2. The zero-order valence-corrected chi connectivity index (χ0v) is 11.2. The van der Waals surface area contributed by atoms with Gasteiger partial charge in [0, 0.05) is 13.0 Å². The Labute approximate surface area is 115 Å². The van der Waals surface area contributed by atoms with E-state index < -0.39 is 29.9 Å². The number of amides is 3. The van der Waals surface area contributed by atoms with Crippen LogP contribution in [0, 0.1) is 0 Å². The van der Waals surface area contributed by atoms with Crippen LogP contribution in [0.3, 0.4) is 0 Å². The number of esters is 1. The zero-order chi connectivity index (χ0) is 15.5. The maximum Gasteiger partial charge on any atom is 0.326 e. The Morgan fingerprint density at radius 3 is 2.40 bits per heavy atom. The fraction of sp³-hybridized carbons (Fsp3) is 0.636. The van der Waals surface area contributed by atoms with Gasteiger partial charge in [-0.05, 0) is 13.3 Å². The zero-order valence-electron chi connectivity index (χ0n) is 11.2.